The lowest BCUT2D eigenvalue weighted by Crippen LogP contribution is -2.29. The fourth-order valence-corrected chi connectivity index (χ4v) is 4.68. The molecule has 3 aromatic carbocycles. The minimum Gasteiger partial charge on any atom is -0.383 e. The summed E-state index contributed by atoms with van der Waals surface area (Å²) in [6, 6.07) is 20.1. The Hall–Kier alpha value is -3.92. The minimum atomic E-state index is -4.38. The van der Waals surface area contributed by atoms with Crippen molar-refractivity contribution in [3.63, 3.8) is 0 Å². The van der Waals surface area contributed by atoms with Crippen molar-refractivity contribution in [1.29, 1.82) is 0 Å². The molecule has 0 unspecified atom stereocenters. The van der Waals surface area contributed by atoms with Crippen LogP contribution in [0.4, 0.5) is 24.5 Å². The summed E-state index contributed by atoms with van der Waals surface area (Å²) >= 11 is 1.70. The van der Waals surface area contributed by atoms with Crippen LogP contribution in [-0.2, 0) is 6.18 Å². The highest BCUT2D eigenvalue weighted by molar-refractivity contribution is 8.13. The Labute approximate surface area is 230 Å². The molecule has 0 saturated carbocycles. The van der Waals surface area contributed by atoms with Crippen molar-refractivity contribution in [2.24, 2.45) is 25.8 Å². The van der Waals surface area contributed by atoms with E-state index < -0.39 is 11.7 Å². The zero-order chi connectivity index (χ0) is 27.8. The van der Waals surface area contributed by atoms with Crippen molar-refractivity contribution in [1.82, 2.24) is 5.01 Å². The van der Waals surface area contributed by atoms with Gasteiger partial charge in [-0.15, -0.1) is 0 Å². The molecule has 1 saturated heterocycles. The average molecular weight is 551 g/mol. The molecule has 10 heteroatoms. The lowest BCUT2D eigenvalue weighted by Gasteiger charge is -2.25. The molecule has 39 heavy (non-hydrogen) atoms. The smallest absolute Gasteiger partial charge is 0.383 e. The number of amidine groups is 2. The largest absolute Gasteiger partial charge is 0.416 e. The zero-order valence-corrected chi connectivity index (χ0v) is 22.5. The Bertz CT molecular complexity index is 1380. The highest BCUT2D eigenvalue weighted by atomic mass is 32.2. The van der Waals surface area contributed by atoms with Gasteiger partial charge in [-0.25, -0.2) is 20.0 Å². The second-order valence-corrected chi connectivity index (χ2v) is 10.2. The average Bonchev–Trinajstić information content (AvgIpc) is 2.93. The maximum absolute atomic E-state index is 12.7. The maximum Gasteiger partial charge on any atom is 0.416 e. The third kappa shape index (κ3) is 7.79. The number of para-hydroxylation sites is 1. The van der Waals surface area contributed by atoms with Crippen molar-refractivity contribution < 1.29 is 13.2 Å². The molecule has 0 bridgehead atoms. The SMILES string of the molecule is CC(C)c1ccccc1N=C1SCCCN1/N=C/c1ccc(C(N)=NC=Nc2ccc(C(F)(F)F)cc2)cc1. The van der Waals surface area contributed by atoms with Crippen molar-refractivity contribution in [2.75, 3.05) is 12.3 Å². The molecule has 0 amide bonds. The molecule has 6 nitrogen and oxygen atoms in total. The van der Waals surface area contributed by atoms with Crippen LogP contribution < -0.4 is 5.73 Å². The van der Waals surface area contributed by atoms with Crippen LogP contribution in [0.3, 0.4) is 0 Å². The molecule has 0 aliphatic carbocycles. The lowest BCUT2D eigenvalue weighted by molar-refractivity contribution is -0.137. The standard InChI is InChI=1S/C29H29F3N6S/c1-20(2)25-6-3-4-7-26(25)37-28-38(16-5-17-39-28)36-18-21-8-10-22(11-9-21)27(33)35-19-34-24-14-12-23(13-15-24)29(30,31)32/h3-4,6-15,18-20H,5,16-17H2,1-2H3,(H2,33,34,35)/b36-18+,37-28?. The highest BCUT2D eigenvalue weighted by Gasteiger charge is 2.29. The first kappa shape index (κ1) is 28.1. The molecule has 0 spiro atoms. The fourth-order valence-electron chi connectivity index (χ4n) is 3.77. The zero-order valence-electron chi connectivity index (χ0n) is 21.6. The summed E-state index contributed by atoms with van der Waals surface area (Å²) in [6.45, 7) is 5.12. The van der Waals surface area contributed by atoms with Gasteiger partial charge < -0.3 is 5.73 Å². The number of alkyl halides is 3. The molecule has 202 valence electrons. The lowest BCUT2D eigenvalue weighted by atomic mass is 10.0. The summed E-state index contributed by atoms with van der Waals surface area (Å²) in [7, 11) is 0. The van der Waals surface area contributed by atoms with Crippen molar-refractivity contribution in [3.8, 4) is 0 Å². The first-order valence-corrected chi connectivity index (χ1v) is 13.4. The van der Waals surface area contributed by atoms with E-state index in [0.717, 1.165) is 47.3 Å². The minimum absolute atomic E-state index is 0.236. The third-order valence-electron chi connectivity index (χ3n) is 5.89. The summed E-state index contributed by atoms with van der Waals surface area (Å²) in [4.78, 5) is 13.1. The van der Waals surface area contributed by atoms with Gasteiger partial charge in [0.25, 0.3) is 0 Å². The van der Waals surface area contributed by atoms with Crippen LogP contribution in [0.25, 0.3) is 0 Å². The molecular weight excluding hydrogens is 521 g/mol. The molecule has 0 atom stereocenters. The highest BCUT2D eigenvalue weighted by Crippen LogP contribution is 2.31. The number of rotatable bonds is 7. The molecule has 4 rings (SSSR count). The Kier molecular flexibility index (Phi) is 9.19. The monoisotopic (exact) mass is 550 g/mol. The van der Waals surface area contributed by atoms with Gasteiger partial charge in [0, 0.05) is 17.9 Å². The normalized spacial score (nSPS) is 16.2. The third-order valence-corrected chi connectivity index (χ3v) is 6.95. The van der Waals surface area contributed by atoms with Crippen LogP contribution in [0.2, 0.25) is 0 Å². The Morgan fingerprint density at radius 1 is 1.00 bits per heavy atom. The number of hydrogen-bond donors (Lipinski definition) is 1. The molecular formula is C29H29F3N6S. The number of hydrogen-bond acceptors (Lipinski definition) is 4. The number of halogens is 3. The van der Waals surface area contributed by atoms with Gasteiger partial charge in [-0.2, -0.15) is 18.3 Å². The van der Waals surface area contributed by atoms with Crippen LogP contribution in [0.5, 0.6) is 0 Å². The molecule has 1 fully saturated rings. The van der Waals surface area contributed by atoms with Crippen molar-refractivity contribution in [2.45, 2.75) is 32.4 Å². The Morgan fingerprint density at radius 3 is 2.41 bits per heavy atom. The topological polar surface area (TPSA) is 78.7 Å². The number of nitrogens with zero attached hydrogens (tertiary/aromatic N) is 5. The van der Waals surface area contributed by atoms with Crippen LogP contribution in [0.1, 0.15) is 48.4 Å². The van der Waals surface area contributed by atoms with E-state index in [9.17, 15) is 13.2 Å². The molecule has 3 aromatic rings. The molecule has 0 aromatic heterocycles. The van der Waals surface area contributed by atoms with Crippen LogP contribution >= 0.6 is 11.8 Å². The summed E-state index contributed by atoms with van der Waals surface area (Å²) in [5.74, 6) is 1.62. The predicted octanol–water partition coefficient (Wildman–Crippen LogP) is 7.35. The molecule has 2 N–H and O–H groups in total. The molecule has 1 aliphatic heterocycles. The Balaban J connectivity index is 1.42. The number of aliphatic imine (C=N–C) groups is 3. The van der Waals surface area contributed by atoms with Crippen LogP contribution in [0, 0.1) is 0 Å². The van der Waals surface area contributed by atoms with Gasteiger partial charge in [0.05, 0.1) is 23.2 Å². The summed E-state index contributed by atoms with van der Waals surface area (Å²) < 4.78 is 38.0. The van der Waals surface area contributed by atoms with Crippen LogP contribution in [0.15, 0.2) is 92.9 Å². The Morgan fingerprint density at radius 2 is 1.72 bits per heavy atom. The van der Waals surface area contributed by atoms with Crippen LogP contribution in [-0.4, -0.2) is 40.9 Å². The number of hydrazone groups is 1. The van der Waals surface area contributed by atoms with E-state index in [1.165, 1.54) is 24.0 Å². The van der Waals surface area contributed by atoms with E-state index in [0.29, 0.717) is 17.2 Å². The second kappa shape index (κ2) is 12.8. The number of benzene rings is 3. The summed E-state index contributed by atoms with van der Waals surface area (Å²) in [6.07, 6.45) is -0.352. The van der Waals surface area contributed by atoms with Crippen molar-refractivity contribution in [3.05, 3.63) is 95.1 Å². The summed E-state index contributed by atoms with van der Waals surface area (Å²) in [5, 5.41) is 7.51. The van der Waals surface area contributed by atoms with E-state index in [2.05, 4.69) is 35.0 Å². The van der Waals surface area contributed by atoms with Gasteiger partial charge in [0.1, 0.15) is 12.2 Å². The predicted molar refractivity (Wildman–Crippen MR) is 156 cm³/mol. The van der Waals surface area contributed by atoms with Crippen molar-refractivity contribution >= 4 is 46.7 Å². The maximum atomic E-state index is 12.7. The molecule has 0 radical (unpaired) electrons. The first-order chi connectivity index (χ1) is 18.7. The molecule has 1 aliphatic rings. The van der Waals surface area contributed by atoms with Gasteiger partial charge in [-0.3, -0.25) is 0 Å². The van der Waals surface area contributed by atoms with E-state index in [4.69, 9.17) is 10.7 Å². The van der Waals surface area contributed by atoms with E-state index in [-0.39, 0.29) is 5.84 Å². The van der Waals surface area contributed by atoms with Gasteiger partial charge in [-0.05, 0) is 53.8 Å². The van der Waals surface area contributed by atoms with E-state index >= 15 is 0 Å². The van der Waals surface area contributed by atoms with Gasteiger partial charge in [-0.1, -0.05) is 68.1 Å². The number of thioether (sulfide) groups is 1. The quantitative estimate of drug-likeness (QED) is 0.247. The number of nitrogens with two attached hydrogens (primary N) is 1. The fraction of sp³-hybridized carbons (Fsp3) is 0.241. The second-order valence-electron chi connectivity index (χ2n) is 9.10. The summed E-state index contributed by atoms with van der Waals surface area (Å²) in [5.41, 5.74) is 9.43. The van der Waals surface area contributed by atoms with E-state index in [1.807, 2.05) is 47.5 Å². The van der Waals surface area contributed by atoms with E-state index in [1.54, 1.807) is 18.0 Å². The van der Waals surface area contributed by atoms with Gasteiger partial charge >= 0.3 is 6.18 Å². The van der Waals surface area contributed by atoms with Gasteiger partial charge in [0.15, 0.2) is 5.17 Å². The molecule has 1 heterocycles. The first-order valence-electron chi connectivity index (χ1n) is 12.5. The van der Waals surface area contributed by atoms with Gasteiger partial charge in [0.2, 0.25) is 0 Å².